The van der Waals surface area contributed by atoms with Crippen LogP contribution in [-0.4, -0.2) is 36.6 Å². The molecule has 0 saturated heterocycles. The number of hydrogen-bond acceptors (Lipinski definition) is 9. The molecule has 0 unspecified atom stereocenters. The van der Waals surface area contributed by atoms with Crippen LogP contribution in [0.15, 0.2) is 48.9 Å². The third-order valence-corrected chi connectivity index (χ3v) is 6.32. The fourth-order valence-electron chi connectivity index (χ4n) is 3.91. The summed E-state index contributed by atoms with van der Waals surface area (Å²) >= 11 is 1.49. The second-order valence-corrected chi connectivity index (χ2v) is 8.89. The van der Waals surface area contributed by atoms with Crippen LogP contribution in [0.1, 0.15) is 31.4 Å². The number of thiazole rings is 1. The molecule has 0 spiro atoms. The van der Waals surface area contributed by atoms with Gasteiger partial charge in [-0.1, -0.05) is 6.58 Å². The van der Waals surface area contributed by atoms with Crippen LogP contribution in [0, 0.1) is 5.82 Å². The van der Waals surface area contributed by atoms with Gasteiger partial charge in [0.25, 0.3) is 0 Å². The van der Waals surface area contributed by atoms with Gasteiger partial charge in [0.1, 0.15) is 11.5 Å². The highest BCUT2D eigenvalue weighted by molar-refractivity contribution is 7.13. The molecular formula is C22H24FN9S. The predicted molar refractivity (Wildman–Crippen MR) is 129 cm³/mol. The van der Waals surface area contributed by atoms with Gasteiger partial charge in [-0.3, -0.25) is 4.98 Å². The van der Waals surface area contributed by atoms with E-state index in [1.54, 1.807) is 23.0 Å². The third kappa shape index (κ3) is 4.64. The zero-order valence-electron chi connectivity index (χ0n) is 17.8. The van der Waals surface area contributed by atoms with Crippen molar-refractivity contribution in [3.8, 4) is 0 Å². The molecule has 0 radical (unpaired) electrons. The molecule has 33 heavy (non-hydrogen) atoms. The summed E-state index contributed by atoms with van der Waals surface area (Å²) in [6.45, 7) is 4.08. The van der Waals surface area contributed by atoms with Gasteiger partial charge >= 0.3 is 0 Å². The first kappa shape index (κ1) is 21.3. The Morgan fingerprint density at radius 3 is 2.76 bits per heavy atom. The summed E-state index contributed by atoms with van der Waals surface area (Å²) in [4.78, 5) is 12.6. The summed E-state index contributed by atoms with van der Waals surface area (Å²) in [6.07, 6.45) is 10.0. The Morgan fingerprint density at radius 1 is 1.15 bits per heavy atom. The Kier molecular flexibility index (Phi) is 5.88. The van der Waals surface area contributed by atoms with E-state index in [-0.39, 0.29) is 11.7 Å². The van der Waals surface area contributed by atoms with Gasteiger partial charge in [0.15, 0.2) is 16.6 Å². The minimum absolute atomic E-state index is 0.267. The summed E-state index contributed by atoms with van der Waals surface area (Å²) in [5, 5.41) is 17.3. The molecule has 5 rings (SSSR count). The third-order valence-electron chi connectivity index (χ3n) is 5.63. The van der Waals surface area contributed by atoms with E-state index in [0.717, 1.165) is 42.7 Å². The van der Waals surface area contributed by atoms with Crippen LogP contribution in [0.25, 0.3) is 11.3 Å². The Morgan fingerprint density at radius 2 is 2.00 bits per heavy atom. The minimum Gasteiger partial charge on any atom is -0.366 e. The molecule has 0 aromatic carbocycles. The number of nitrogens with zero attached hydrogens (tertiary/aromatic N) is 5. The second-order valence-electron chi connectivity index (χ2n) is 8.00. The zero-order chi connectivity index (χ0) is 22.8. The van der Waals surface area contributed by atoms with Gasteiger partial charge in [-0.25, -0.2) is 18.9 Å². The number of hydrogen-bond donors (Lipinski definition) is 4. The van der Waals surface area contributed by atoms with Gasteiger partial charge in [0, 0.05) is 35.9 Å². The van der Waals surface area contributed by atoms with Gasteiger partial charge in [-0.2, -0.15) is 0 Å². The normalized spacial score (nSPS) is 18.2. The number of halogens is 1. The summed E-state index contributed by atoms with van der Waals surface area (Å²) < 4.78 is 15.8. The fourth-order valence-corrected chi connectivity index (χ4v) is 4.45. The van der Waals surface area contributed by atoms with Gasteiger partial charge in [-0.05, 0) is 31.7 Å². The minimum atomic E-state index is -0.468. The van der Waals surface area contributed by atoms with Crippen molar-refractivity contribution in [1.29, 1.82) is 0 Å². The first-order chi connectivity index (χ1) is 16.1. The molecule has 1 saturated carbocycles. The largest absolute Gasteiger partial charge is 0.366 e. The number of rotatable bonds is 7. The molecule has 4 aromatic heterocycles. The molecule has 4 aromatic rings. The Bertz CT molecular complexity index is 1260. The molecule has 1 aliphatic rings. The number of anilines is 4. The standard InChI is InChI=1S/C22H24FN9S/c1-13(28-17-6-7-25-11-16(17)23)19-12-27-21-18(30-22-26-8-9-33-22)10-20(31-32(19)21)29-15-4-2-14(24)3-5-15/h6-12,14-15H,1-5,24H2,(H,25,28)(H,26,30)(H,29,31)/t14-,15-. The van der Waals surface area contributed by atoms with Crippen LogP contribution in [0.2, 0.25) is 0 Å². The monoisotopic (exact) mass is 465 g/mol. The Balaban J connectivity index is 1.49. The SMILES string of the molecule is C=C(Nc1ccncc1F)c1cnc2c(Nc3nccs3)cc(N[C@H]3CC[C@H](N)CC3)nn12. The molecule has 0 atom stereocenters. The van der Waals surface area contributed by atoms with E-state index in [9.17, 15) is 4.39 Å². The topological polar surface area (TPSA) is 118 Å². The van der Waals surface area contributed by atoms with E-state index >= 15 is 0 Å². The highest BCUT2D eigenvalue weighted by Gasteiger charge is 2.21. The Labute approximate surface area is 194 Å². The lowest BCUT2D eigenvalue weighted by molar-refractivity contribution is 0.410. The molecule has 0 bridgehead atoms. The van der Waals surface area contributed by atoms with Crippen molar-refractivity contribution in [2.45, 2.75) is 37.8 Å². The van der Waals surface area contributed by atoms with Crippen LogP contribution in [0.3, 0.4) is 0 Å². The number of aromatic nitrogens is 5. The van der Waals surface area contributed by atoms with E-state index in [0.29, 0.717) is 28.9 Å². The molecule has 5 N–H and O–H groups in total. The van der Waals surface area contributed by atoms with Crippen molar-refractivity contribution in [1.82, 2.24) is 24.6 Å². The van der Waals surface area contributed by atoms with Gasteiger partial charge in [-0.15, -0.1) is 16.4 Å². The predicted octanol–water partition coefficient (Wildman–Crippen LogP) is 4.23. The summed E-state index contributed by atoms with van der Waals surface area (Å²) in [5.74, 6) is 0.230. The molecular weight excluding hydrogens is 441 g/mol. The fraction of sp³-hybridized carbons (Fsp3) is 0.273. The number of fused-ring (bicyclic) bond motifs is 1. The summed E-state index contributed by atoms with van der Waals surface area (Å²) in [7, 11) is 0. The smallest absolute Gasteiger partial charge is 0.187 e. The van der Waals surface area contributed by atoms with Gasteiger partial charge in [0.05, 0.1) is 29.5 Å². The summed E-state index contributed by atoms with van der Waals surface area (Å²) in [6, 6.07) is 4.04. The first-order valence-corrected chi connectivity index (χ1v) is 11.6. The van der Waals surface area contributed by atoms with Crippen molar-refractivity contribution in [3.05, 3.63) is 60.4 Å². The number of nitrogens with two attached hydrogens (primary N) is 1. The quantitative estimate of drug-likeness (QED) is 0.320. The maximum absolute atomic E-state index is 14.1. The molecule has 0 aliphatic heterocycles. The lowest BCUT2D eigenvalue weighted by atomic mass is 9.92. The average Bonchev–Trinajstić information content (AvgIpc) is 3.47. The molecule has 4 heterocycles. The van der Waals surface area contributed by atoms with E-state index in [2.05, 4.69) is 37.5 Å². The van der Waals surface area contributed by atoms with Crippen LogP contribution >= 0.6 is 11.3 Å². The van der Waals surface area contributed by atoms with E-state index in [1.807, 2.05) is 11.4 Å². The average molecular weight is 466 g/mol. The van der Waals surface area contributed by atoms with Crippen LogP contribution < -0.4 is 21.7 Å². The Hall–Kier alpha value is -3.57. The molecule has 0 amide bonds. The highest BCUT2D eigenvalue weighted by Crippen LogP contribution is 2.29. The maximum Gasteiger partial charge on any atom is 0.187 e. The first-order valence-electron chi connectivity index (χ1n) is 10.7. The number of imidazole rings is 1. The van der Waals surface area contributed by atoms with Crippen LogP contribution in [0.5, 0.6) is 0 Å². The number of nitrogens with one attached hydrogen (secondary N) is 3. The van der Waals surface area contributed by atoms with Crippen molar-refractivity contribution < 1.29 is 4.39 Å². The van der Waals surface area contributed by atoms with Gasteiger partial charge < -0.3 is 21.7 Å². The van der Waals surface area contributed by atoms with E-state index in [4.69, 9.17) is 10.8 Å². The van der Waals surface area contributed by atoms with Crippen molar-refractivity contribution in [3.63, 3.8) is 0 Å². The van der Waals surface area contributed by atoms with Crippen LogP contribution in [-0.2, 0) is 0 Å². The zero-order valence-corrected chi connectivity index (χ0v) is 18.6. The molecule has 1 fully saturated rings. The second kappa shape index (κ2) is 9.12. The summed E-state index contributed by atoms with van der Waals surface area (Å²) in [5.41, 5.74) is 8.76. The van der Waals surface area contributed by atoms with E-state index < -0.39 is 5.82 Å². The molecule has 170 valence electrons. The molecule has 9 nitrogen and oxygen atoms in total. The lowest BCUT2D eigenvalue weighted by Crippen LogP contribution is -2.33. The van der Waals surface area contributed by atoms with Crippen molar-refractivity contribution in [2.24, 2.45) is 5.73 Å². The number of pyridine rings is 1. The van der Waals surface area contributed by atoms with E-state index in [1.165, 1.54) is 17.5 Å². The van der Waals surface area contributed by atoms with Crippen molar-refractivity contribution in [2.75, 3.05) is 16.0 Å². The molecule has 11 heteroatoms. The molecule has 1 aliphatic carbocycles. The highest BCUT2D eigenvalue weighted by atomic mass is 32.1. The lowest BCUT2D eigenvalue weighted by Gasteiger charge is -2.27. The van der Waals surface area contributed by atoms with Crippen molar-refractivity contribution >= 4 is 45.0 Å². The van der Waals surface area contributed by atoms with Crippen LogP contribution in [0.4, 0.5) is 26.7 Å². The maximum atomic E-state index is 14.1. The van der Waals surface area contributed by atoms with Gasteiger partial charge in [0.2, 0.25) is 0 Å².